The van der Waals surface area contributed by atoms with Crippen molar-refractivity contribution in [3.63, 3.8) is 0 Å². The van der Waals surface area contributed by atoms with Crippen LogP contribution in [0.25, 0.3) is 0 Å². The van der Waals surface area contributed by atoms with Crippen molar-refractivity contribution in [2.45, 2.75) is 33.4 Å². The predicted octanol–water partition coefficient (Wildman–Crippen LogP) is 1.68. The van der Waals surface area contributed by atoms with Crippen molar-refractivity contribution in [1.29, 1.82) is 0 Å². The molecule has 1 atom stereocenters. The largest absolute Gasteiger partial charge is 0.348 e. The molecule has 0 spiro atoms. The van der Waals surface area contributed by atoms with Crippen molar-refractivity contribution < 1.29 is 9.72 Å². The molecular formula is C14H17N5O3. The van der Waals surface area contributed by atoms with E-state index in [2.05, 4.69) is 15.4 Å². The molecule has 0 radical (unpaired) electrons. The highest BCUT2D eigenvalue weighted by Gasteiger charge is 2.23. The van der Waals surface area contributed by atoms with Gasteiger partial charge in [-0.3, -0.25) is 24.6 Å². The van der Waals surface area contributed by atoms with E-state index >= 15 is 0 Å². The maximum absolute atomic E-state index is 12.1. The summed E-state index contributed by atoms with van der Waals surface area (Å²) in [5, 5.41) is 17.8. The topological polar surface area (TPSA) is 103 Å². The minimum Gasteiger partial charge on any atom is -0.348 e. The van der Waals surface area contributed by atoms with E-state index in [1.807, 2.05) is 13.0 Å². The summed E-state index contributed by atoms with van der Waals surface area (Å²) in [6.45, 7) is 4.91. The summed E-state index contributed by atoms with van der Waals surface area (Å²) < 4.78 is 1.35. The van der Waals surface area contributed by atoms with Crippen LogP contribution in [0.3, 0.4) is 0 Å². The molecule has 0 aliphatic heterocycles. The Morgan fingerprint density at radius 3 is 2.77 bits per heavy atom. The van der Waals surface area contributed by atoms with E-state index in [4.69, 9.17) is 0 Å². The molecule has 22 heavy (non-hydrogen) atoms. The van der Waals surface area contributed by atoms with E-state index in [1.54, 1.807) is 32.3 Å². The van der Waals surface area contributed by atoms with Gasteiger partial charge in [-0.2, -0.15) is 5.10 Å². The molecular weight excluding hydrogens is 286 g/mol. The zero-order valence-electron chi connectivity index (χ0n) is 12.6. The summed E-state index contributed by atoms with van der Waals surface area (Å²) in [5.74, 6) is -0.267. The van der Waals surface area contributed by atoms with E-state index in [0.717, 1.165) is 5.56 Å². The van der Waals surface area contributed by atoms with Gasteiger partial charge in [0.25, 0.3) is 0 Å². The molecule has 2 aromatic rings. The molecule has 2 aromatic heterocycles. The standard InChI is InChI=1S/C14H17N5O3/c1-9(12-5-4-6-15-7-12)16-13(20)8-18-11(3)14(19(21)22)10(2)17-18/h4-7,9H,8H2,1-3H3,(H,16,20). The first kappa shape index (κ1) is 15.6. The van der Waals surface area contributed by atoms with Crippen LogP contribution in [-0.4, -0.2) is 25.6 Å². The van der Waals surface area contributed by atoms with Crippen molar-refractivity contribution in [2.24, 2.45) is 0 Å². The number of aryl methyl sites for hydroxylation is 1. The number of nitrogens with one attached hydrogen (secondary N) is 1. The Hall–Kier alpha value is -2.77. The Kier molecular flexibility index (Phi) is 4.50. The third-order valence-corrected chi connectivity index (χ3v) is 3.38. The quantitative estimate of drug-likeness (QED) is 0.668. The van der Waals surface area contributed by atoms with Crippen LogP contribution in [-0.2, 0) is 11.3 Å². The summed E-state index contributed by atoms with van der Waals surface area (Å²) in [4.78, 5) is 26.5. The molecule has 116 valence electrons. The number of nitrogens with zero attached hydrogens (tertiary/aromatic N) is 4. The summed E-state index contributed by atoms with van der Waals surface area (Å²) in [7, 11) is 0. The van der Waals surface area contributed by atoms with Gasteiger partial charge in [-0.25, -0.2) is 0 Å². The van der Waals surface area contributed by atoms with Crippen molar-refractivity contribution >= 4 is 11.6 Å². The van der Waals surface area contributed by atoms with Gasteiger partial charge in [0, 0.05) is 12.4 Å². The van der Waals surface area contributed by atoms with E-state index in [1.165, 1.54) is 4.68 Å². The lowest BCUT2D eigenvalue weighted by atomic mass is 10.1. The van der Waals surface area contributed by atoms with Gasteiger partial charge in [0.2, 0.25) is 5.91 Å². The molecule has 1 N–H and O–H groups in total. The van der Waals surface area contributed by atoms with Crippen molar-refractivity contribution in [1.82, 2.24) is 20.1 Å². The molecule has 0 bridgehead atoms. The number of rotatable bonds is 5. The van der Waals surface area contributed by atoms with Crippen LogP contribution < -0.4 is 5.32 Å². The zero-order valence-corrected chi connectivity index (χ0v) is 12.6. The fourth-order valence-electron chi connectivity index (χ4n) is 2.24. The molecule has 0 saturated heterocycles. The molecule has 1 unspecified atom stereocenters. The third-order valence-electron chi connectivity index (χ3n) is 3.38. The second kappa shape index (κ2) is 6.33. The van der Waals surface area contributed by atoms with Gasteiger partial charge in [0.05, 0.1) is 11.0 Å². The van der Waals surface area contributed by atoms with E-state index in [0.29, 0.717) is 11.4 Å². The molecule has 8 heteroatoms. The Balaban J connectivity index is 2.07. The molecule has 0 saturated carbocycles. The van der Waals surface area contributed by atoms with Crippen LogP contribution >= 0.6 is 0 Å². The Labute approximate surface area is 127 Å². The molecule has 0 aliphatic rings. The highest BCUT2D eigenvalue weighted by atomic mass is 16.6. The smallest absolute Gasteiger partial charge is 0.312 e. The molecule has 0 aromatic carbocycles. The van der Waals surface area contributed by atoms with E-state index < -0.39 is 4.92 Å². The van der Waals surface area contributed by atoms with Gasteiger partial charge in [-0.1, -0.05) is 6.07 Å². The van der Waals surface area contributed by atoms with Crippen LogP contribution in [0, 0.1) is 24.0 Å². The molecule has 8 nitrogen and oxygen atoms in total. The first-order valence-corrected chi connectivity index (χ1v) is 6.77. The van der Waals surface area contributed by atoms with Crippen LogP contribution in [0.15, 0.2) is 24.5 Å². The number of pyridine rings is 1. The minimum atomic E-state index is -0.482. The maximum atomic E-state index is 12.1. The summed E-state index contributed by atoms with van der Waals surface area (Å²) in [6.07, 6.45) is 3.34. The maximum Gasteiger partial charge on any atom is 0.312 e. The lowest BCUT2D eigenvalue weighted by molar-refractivity contribution is -0.386. The minimum absolute atomic E-state index is 0.0480. The number of hydrogen-bond donors (Lipinski definition) is 1. The molecule has 1 amide bonds. The molecule has 0 fully saturated rings. The third kappa shape index (κ3) is 3.27. The fraction of sp³-hybridized carbons (Fsp3) is 0.357. The normalized spacial score (nSPS) is 12.0. The van der Waals surface area contributed by atoms with Gasteiger partial charge in [0.15, 0.2) is 0 Å². The second-order valence-corrected chi connectivity index (χ2v) is 5.01. The highest BCUT2D eigenvalue weighted by Crippen LogP contribution is 2.21. The number of aromatic nitrogens is 3. The highest BCUT2D eigenvalue weighted by molar-refractivity contribution is 5.76. The summed E-state index contributed by atoms with van der Waals surface area (Å²) in [6, 6.07) is 3.46. The average molecular weight is 303 g/mol. The molecule has 0 aliphatic carbocycles. The van der Waals surface area contributed by atoms with E-state index in [9.17, 15) is 14.9 Å². The van der Waals surface area contributed by atoms with Crippen LogP contribution in [0.1, 0.15) is 29.9 Å². The number of hydrogen-bond acceptors (Lipinski definition) is 5. The van der Waals surface area contributed by atoms with Crippen LogP contribution in [0.2, 0.25) is 0 Å². The van der Waals surface area contributed by atoms with Crippen LogP contribution in [0.4, 0.5) is 5.69 Å². The molecule has 2 rings (SSSR count). The van der Waals surface area contributed by atoms with Gasteiger partial charge < -0.3 is 5.32 Å². The van der Waals surface area contributed by atoms with Crippen molar-refractivity contribution in [3.8, 4) is 0 Å². The lowest BCUT2D eigenvalue weighted by Crippen LogP contribution is -2.30. The number of carbonyl (C=O) groups is 1. The number of nitro groups is 1. The lowest BCUT2D eigenvalue weighted by Gasteiger charge is -2.14. The Bertz CT molecular complexity index is 696. The van der Waals surface area contributed by atoms with Gasteiger partial charge >= 0.3 is 5.69 Å². The van der Waals surface area contributed by atoms with Gasteiger partial charge in [-0.05, 0) is 32.4 Å². The first-order valence-electron chi connectivity index (χ1n) is 6.77. The first-order chi connectivity index (χ1) is 10.4. The van der Waals surface area contributed by atoms with Gasteiger partial charge in [0.1, 0.15) is 17.9 Å². The average Bonchev–Trinajstić information content (AvgIpc) is 2.74. The molecule has 2 heterocycles. The number of amides is 1. The van der Waals surface area contributed by atoms with Crippen molar-refractivity contribution in [3.05, 3.63) is 51.6 Å². The van der Waals surface area contributed by atoms with Crippen LogP contribution in [0.5, 0.6) is 0 Å². The monoisotopic (exact) mass is 303 g/mol. The summed E-state index contributed by atoms with van der Waals surface area (Å²) in [5.41, 5.74) is 1.51. The Morgan fingerprint density at radius 1 is 1.50 bits per heavy atom. The number of carbonyl (C=O) groups excluding carboxylic acids is 1. The Morgan fingerprint density at radius 2 is 2.23 bits per heavy atom. The second-order valence-electron chi connectivity index (χ2n) is 5.01. The zero-order chi connectivity index (χ0) is 16.3. The SMILES string of the molecule is Cc1nn(CC(=O)NC(C)c2cccnc2)c(C)c1[N+](=O)[O-]. The summed E-state index contributed by atoms with van der Waals surface area (Å²) >= 11 is 0. The van der Waals surface area contributed by atoms with E-state index in [-0.39, 0.29) is 24.2 Å². The van der Waals surface area contributed by atoms with Crippen molar-refractivity contribution in [2.75, 3.05) is 0 Å². The predicted molar refractivity (Wildman–Crippen MR) is 79.2 cm³/mol. The fourth-order valence-corrected chi connectivity index (χ4v) is 2.24. The van der Waals surface area contributed by atoms with Gasteiger partial charge in [-0.15, -0.1) is 0 Å².